The number of H-pyrrole nitrogens is 1. The normalized spacial score (nSPS) is 23.9. The number of benzene rings is 1. The molecule has 0 bridgehead atoms. The molecule has 0 spiro atoms. The third-order valence-electron chi connectivity index (χ3n) is 4.85. The molecule has 1 fully saturated rings. The van der Waals surface area contributed by atoms with E-state index in [1.54, 1.807) is 11.0 Å². The number of amides is 1. The van der Waals surface area contributed by atoms with E-state index in [4.69, 9.17) is 0 Å². The van der Waals surface area contributed by atoms with Crippen LogP contribution >= 0.6 is 0 Å². The molecule has 126 valence electrons. The van der Waals surface area contributed by atoms with Crippen molar-refractivity contribution in [2.75, 3.05) is 13.1 Å². The third kappa shape index (κ3) is 3.57. The fourth-order valence-corrected chi connectivity index (χ4v) is 3.21. The summed E-state index contributed by atoms with van der Waals surface area (Å²) in [5, 5.41) is 10.7. The van der Waals surface area contributed by atoms with E-state index in [0.717, 1.165) is 12.0 Å². The predicted molar refractivity (Wildman–Crippen MR) is 91.8 cm³/mol. The molecule has 5 nitrogen and oxygen atoms in total. The van der Waals surface area contributed by atoms with Crippen molar-refractivity contribution >= 4 is 5.91 Å². The second-order valence-corrected chi connectivity index (χ2v) is 6.69. The average Bonchev–Trinajstić information content (AvgIpc) is 2.58. The van der Waals surface area contributed by atoms with Crippen LogP contribution in [0.3, 0.4) is 0 Å². The van der Waals surface area contributed by atoms with Crippen molar-refractivity contribution < 1.29 is 9.90 Å². The minimum atomic E-state index is -0.794. The number of aliphatic hydroxyl groups is 1. The lowest BCUT2D eigenvalue weighted by Crippen LogP contribution is -2.52. The molecular formula is C19H22N2O3. The molecule has 1 aromatic carbocycles. The lowest BCUT2D eigenvalue weighted by atomic mass is 9.78. The highest BCUT2D eigenvalue weighted by atomic mass is 16.3. The lowest BCUT2D eigenvalue weighted by Gasteiger charge is -2.43. The Labute approximate surface area is 140 Å². The Hall–Kier alpha value is -2.40. The summed E-state index contributed by atoms with van der Waals surface area (Å²) in [7, 11) is 0. The highest BCUT2D eigenvalue weighted by Crippen LogP contribution is 2.31. The summed E-state index contributed by atoms with van der Waals surface area (Å²) in [6, 6.07) is 12.9. The Kier molecular flexibility index (Phi) is 4.53. The van der Waals surface area contributed by atoms with Gasteiger partial charge in [-0.3, -0.25) is 9.59 Å². The van der Waals surface area contributed by atoms with Crippen molar-refractivity contribution in [2.24, 2.45) is 5.92 Å². The van der Waals surface area contributed by atoms with Gasteiger partial charge >= 0.3 is 0 Å². The number of likely N-dealkylation sites (tertiary alicyclic amines) is 1. The molecule has 0 aliphatic carbocycles. The van der Waals surface area contributed by atoms with E-state index in [2.05, 4.69) is 4.98 Å². The molecular weight excluding hydrogens is 304 g/mol. The predicted octanol–water partition coefficient (Wildman–Crippen LogP) is 1.83. The summed E-state index contributed by atoms with van der Waals surface area (Å²) in [5.41, 5.74) is 0.600. The molecule has 2 atom stereocenters. The summed E-state index contributed by atoms with van der Waals surface area (Å²) in [4.78, 5) is 28.1. The van der Waals surface area contributed by atoms with Crippen molar-refractivity contribution in [3.8, 4) is 0 Å². The molecule has 2 aromatic rings. The van der Waals surface area contributed by atoms with Gasteiger partial charge in [0.25, 0.3) is 5.91 Å². The van der Waals surface area contributed by atoms with E-state index in [0.29, 0.717) is 25.1 Å². The van der Waals surface area contributed by atoms with Gasteiger partial charge in [0.2, 0.25) is 5.56 Å². The van der Waals surface area contributed by atoms with Gasteiger partial charge in [0.1, 0.15) is 0 Å². The zero-order valence-electron chi connectivity index (χ0n) is 13.7. The summed E-state index contributed by atoms with van der Waals surface area (Å²) in [5.74, 6) is -0.139. The molecule has 2 N–H and O–H groups in total. The number of carbonyl (C=O) groups excluding carboxylic acids is 1. The Morgan fingerprint density at radius 3 is 2.71 bits per heavy atom. The Balaban J connectivity index is 1.76. The third-order valence-corrected chi connectivity index (χ3v) is 4.85. The first-order chi connectivity index (χ1) is 11.5. The van der Waals surface area contributed by atoms with Crippen molar-refractivity contribution in [1.29, 1.82) is 0 Å². The maximum absolute atomic E-state index is 12.6. The molecule has 1 aromatic heterocycles. The van der Waals surface area contributed by atoms with Crippen LogP contribution in [0, 0.1) is 5.92 Å². The van der Waals surface area contributed by atoms with Gasteiger partial charge in [-0.1, -0.05) is 30.3 Å². The van der Waals surface area contributed by atoms with Crippen LogP contribution in [0.25, 0.3) is 0 Å². The van der Waals surface area contributed by atoms with E-state index in [-0.39, 0.29) is 17.4 Å². The van der Waals surface area contributed by atoms with Crippen LogP contribution in [0.1, 0.15) is 29.3 Å². The van der Waals surface area contributed by atoms with Crippen LogP contribution in [0.2, 0.25) is 0 Å². The maximum Gasteiger partial charge on any atom is 0.255 e. The number of aromatic nitrogens is 1. The summed E-state index contributed by atoms with van der Waals surface area (Å²) >= 11 is 0. The highest BCUT2D eigenvalue weighted by Gasteiger charge is 2.39. The van der Waals surface area contributed by atoms with Crippen molar-refractivity contribution in [1.82, 2.24) is 9.88 Å². The monoisotopic (exact) mass is 326 g/mol. The first-order valence-corrected chi connectivity index (χ1v) is 8.20. The Bertz CT molecular complexity index is 747. The molecule has 0 unspecified atom stereocenters. The highest BCUT2D eigenvalue weighted by molar-refractivity contribution is 5.93. The van der Waals surface area contributed by atoms with Crippen LogP contribution in [0.5, 0.6) is 0 Å². The summed E-state index contributed by atoms with van der Waals surface area (Å²) in [6.07, 6.45) is 2.71. The first-order valence-electron chi connectivity index (χ1n) is 8.20. The smallest absolute Gasteiger partial charge is 0.255 e. The van der Waals surface area contributed by atoms with E-state index in [1.165, 1.54) is 12.3 Å². The molecule has 0 radical (unpaired) electrons. The Morgan fingerprint density at radius 1 is 1.29 bits per heavy atom. The van der Waals surface area contributed by atoms with Gasteiger partial charge in [-0.25, -0.2) is 0 Å². The lowest BCUT2D eigenvalue weighted by molar-refractivity contribution is -0.0507. The van der Waals surface area contributed by atoms with Gasteiger partial charge in [0, 0.05) is 31.3 Å². The molecule has 0 saturated carbocycles. The number of hydrogen-bond donors (Lipinski definition) is 2. The number of hydrogen-bond acceptors (Lipinski definition) is 3. The zero-order chi connectivity index (χ0) is 17.2. The molecule has 3 rings (SSSR count). The van der Waals surface area contributed by atoms with E-state index in [1.807, 2.05) is 37.3 Å². The van der Waals surface area contributed by atoms with E-state index >= 15 is 0 Å². The van der Waals surface area contributed by atoms with Gasteiger partial charge in [0.15, 0.2) is 0 Å². The number of carbonyl (C=O) groups is 1. The molecule has 5 heteroatoms. The fraction of sp³-hybridized carbons (Fsp3) is 0.368. The van der Waals surface area contributed by atoms with E-state index in [9.17, 15) is 14.7 Å². The number of nitrogens with one attached hydrogen (secondary N) is 1. The fourth-order valence-electron chi connectivity index (χ4n) is 3.21. The van der Waals surface area contributed by atoms with Crippen molar-refractivity contribution in [2.45, 2.75) is 25.4 Å². The topological polar surface area (TPSA) is 73.4 Å². The molecule has 2 heterocycles. The average molecular weight is 326 g/mol. The van der Waals surface area contributed by atoms with Crippen molar-refractivity contribution in [3.63, 3.8) is 0 Å². The minimum absolute atomic E-state index is 0.0274. The van der Waals surface area contributed by atoms with E-state index < -0.39 is 5.60 Å². The number of aromatic amines is 1. The van der Waals surface area contributed by atoms with Gasteiger partial charge in [0.05, 0.1) is 11.2 Å². The minimum Gasteiger partial charge on any atom is -0.390 e. The maximum atomic E-state index is 12.6. The largest absolute Gasteiger partial charge is 0.390 e. The van der Waals surface area contributed by atoms with Crippen LogP contribution in [-0.2, 0) is 6.42 Å². The van der Waals surface area contributed by atoms with Crippen LogP contribution in [0.15, 0.2) is 53.5 Å². The SMILES string of the molecule is C[C@@]1(O)CCN(C(=O)c2ccc(=O)[nH]c2)C[C@@H]1Cc1ccccc1. The second kappa shape index (κ2) is 6.61. The first kappa shape index (κ1) is 16.5. The van der Waals surface area contributed by atoms with Crippen LogP contribution in [0.4, 0.5) is 0 Å². The number of nitrogens with zero attached hydrogens (tertiary/aromatic N) is 1. The number of rotatable bonds is 3. The number of pyridine rings is 1. The molecule has 1 amide bonds. The van der Waals surface area contributed by atoms with Gasteiger partial charge < -0.3 is 15.0 Å². The quantitative estimate of drug-likeness (QED) is 0.904. The Morgan fingerprint density at radius 2 is 2.04 bits per heavy atom. The second-order valence-electron chi connectivity index (χ2n) is 6.69. The summed E-state index contributed by atoms with van der Waals surface area (Å²) < 4.78 is 0. The standard InChI is InChI=1S/C19H22N2O3/c1-19(24)9-10-21(18(23)15-7-8-17(22)20-12-15)13-16(19)11-14-5-3-2-4-6-14/h2-8,12,16,24H,9-11,13H2,1H3,(H,20,22)/t16-,19+/m0/s1. The molecule has 24 heavy (non-hydrogen) atoms. The van der Waals surface area contributed by atoms with Gasteiger partial charge in [-0.05, 0) is 31.4 Å². The van der Waals surface area contributed by atoms with Gasteiger partial charge in [-0.15, -0.1) is 0 Å². The summed E-state index contributed by atoms with van der Waals surface area (Å²) in [6.45, 7) is 2.86. The van der Waals surface area contributed by atoms with Crippen molar-refractivity contribution in [3.05, 3.63) is 70.1 Å². The van der Waals surface area contributed by atoms with Gasteiger partial charge in [-0.2, -0.15) is 0 Å². The molecule has 1 aliphatic heterocycles. The molecule has 1 saturated heterocycles. The van der Waals surface area contributed by atoms with Crippen LogP contribution in [-0.4, -0.2) is 39.6 Å². The van der Waals surface area contributed by atoms with Crippen LogP contribution < -0.4 is 5.56 Å². The number of piperidine rings is 1. The zero-order valence-corrected chi connectivity index (χ0v) is 13.7. The molecule has 1 aliphatic rings.